The second-order valence-corrected chi connectivity index (χ2v) is 6.97. The first-order chi connectivity index (χ1) is 11.1. The first-order valence-corrected chi connectivity index (χ1v) is 9.26. The van der Waals surface area contributed by atoms with Crippen molar-refractivity contribution >= 4 is 31.9 Å². The molecule has 1 heterocycles. The Morgan fingerprint density at radius 3 is 2.00 bits per heavy atom. The fourth-order valence-corrected chi connectivity index (χ4v) is 3.12. The molecule has 0 atom stereocenters. The van der Waals surface area contributed by atoms with Gasteiger partial charge >= 0.3 is 0 Å². The largest absolute Gasteiger partial charge is 0.377 e. The third-order valence-corrected chi connectivity index (χ3v) is 4.26. The quantitative estimate of drug-likeness (QED) is 0.493. The summed E-state index contributed by atoms with van der Waals surface area (Å²) in [6.07, 6.45) is 1.03. The molecule has 1 aromatic heterocycles. The number of hydrogen-bond donors (Lipinski definition) is 0. The second-order valence-electron chi connectivity index (χ2n) is 5.32. The van der Waals surface area contributed by atoms with Crippen LogP contribution in [-0.2, 0) is 25.6 Å². The van der Waals surface area contributed by atoms with Crippen LogP contribution in [0.3, 0.4) is 0 Å². The van der Waals surface area contributed by atoms with Gasteiger partial charge in [-0.1, -0.05) is 36.4 Å². The Hall–Kier alpha value is -1.89. The highest BCUT2D eigenvalue weighted by Gasteiger charge is 2.09. The predicted octanol–water partition coefficient (Wildman–Crippen LogP) is 2.79. The van der Waals surface area contributed by atoms with Crippen molar-refractivity contribution in [3.63, 3.8) is 0 Å². The highest BCUT2D eigenvalue weighted by atomic mass is 32.2. The van der Waals surface area contributed by atoms with Gasteiger partial charge in [0.25, 0.3) is 10.1 Å². The summed E-state index contributed by atoms with van der Waals surface area (Å²) in [6, 6.07) is 16.6. The highest BCUT2D eigenvalue weighted by Crippen LogP contribution is 2.28. The summed E-state index contributed by atoms with van der Waals surface area (Å²) >= 11 is 0. The van der Waals surface area contributed by atoms with E-state index in [1.165, 1.54) is 21.8 Å². The van der Waals surface area contributed by atoms with Crippen molar-refractivity contribution in [2.45, 2.75) is 6.54 Å². The molecule has 0 N–H and O–H groups in total. The van der Waals surface area contributed by atoms with E-state index in [9.17, 15) is 8.42 Å². The lowest BCUT2D eigenvalue weighted by atomic mass is 10.2. The minimum absolute atomic E-state index is 0.0476. The Labute approximate surface area is 135 Å². The molecule has 0 unspecified atom stereocenters. The van der Waals surface area contributed by atoms with Crippen LogP contribution in [0.15, 0.2) is 48.5 Å². The van der Waals surface area contributed by atoms with Gasteiger partial charge < -0.3 is 9.30 Å². The number of nitrogens with zero attached hydrogens (tertiary/aromatic N) is 1. The van der Waals surface area contributed by atoms with Gasteiger partial charge in [0.2, 0.25) is 0 Å². The Kier molecular flexibility index (Phi) is 4.66. The molecule has 5 nitrogen and oxygen atoms in total. The number of benzene rings is 2. The average molecular weight is 333 g/mol. The van der Waals surface area contributed by atoms with Crippen molar-refractivity contribution in [1.29, 1.82) is 0 Å². The lowest BCUT2D eigenvalue weighted by Crippen LogP contribution is -2.12. The van der Waals surface area contributed by atoms with Gasteiger partial charge in [0.15, 0.2) is 0 Å². The first kappa shape index (κ1) is 16.0. The van der Waals surface area contributed by atoms with Crippen LogP contribution in [0.2, 0.25) is 0 Å². The molecule has 0 saturated carbocycles. The van der Waals surface area contributed by atoms with Crippen LogP contribution in [0, 0.1) is 0 Å². The maximum Gasteiger partial charge on any atom is 0.264 e. The van der Waals surface area contributed by atoms with Gasteiger partial charge in [-0.15, -0.1) is 0 Å². The van der Waals surface area contributed by atoms with Gasteiger partial charge in [0.05, 0.1) is 26.1 Å². The zero-order chi connectivity index (χ0) is 16.3. The van der Waals surface area contributed by atoms with E-state index in [0.29, 0.717) is 13.2 Å². The van der Waals surface area contributed by atoms with Gasteiger partial charge in [-0.2, -0.15) is 8.42 Å². The number of aromatic nitrogens is 1. The van der Waals surface area contributed by atoms with E-state index >= 15 is 0 Å². The summed E-state index contributed by atoms with van der Waals surface area (Å²) in [5.41, 5.74) is 2.34. The molecule has 122 valence electrons. The molecule has 0 aliphatic rings. The van der Waals surface area contributed by atoms with Gasteiger partial charge in [0, 0.05) is 28.4 Å². The molecular formula is C17H19NO4S. The smallest absolute Gasteiger partial charge is 0.264 e. The van der Waals surface area contributed by atoms with Gasteiger partial charge in [-0.25, -0.2) is 0 Å². The molecule has 0 aliphatic carbocycles. The molecule has 0 spiro atoms. The lowest BCUT2D eigenvalue weighted by molar-refractivity contribution is 0.0976. The molecule has 3 aromatic rings. The van der Waals surface area contributed by atoms with Crippen molar-refractivity contribution in [1.82, 2.24) is 4.57 Å². The van der Waals surface area contributed by atoms with Crippen LogP contribution in [0.1, 0.15) is 0 Å². The Balaban J connectivity index is 1.70. The minimum Gasteiger partial charge on any atom is -0.377 e. The average Bonchev–Trinajstić information content (AvgIpc) is 2.84. The van der Waals surface area contributed by atoms with E-state index in [2.05, 4.69) is 33.0 Å². The molecule has 0 amide bonds. The Morgan fingerprint density at radius 1 is 0.870 bits per heavy atom. The maximum atomic E-state index is 10.9. The number of hydrogen-bond acceptors (Lipinski definition) is 4. The Bertz CT molecular complexity index is 861. The molecule has 23 heavy (non-hydrogen) atoms. The van der Waals surface area contributed by atoms with Crippen molar-refractivity contribution in [2.75, 3.05) is 26.1 Å². The van der Waals surface area contributed by atoms with Crippen molar-refractivity contribution < 1.29 is 17.3 Å². The number of fused-ring (bicyclic) bond motifs is 3. The van der Waals surface area contributed by atoms with Crippen molar-refractivity contribution in [3.8, 4) is 0 Å². The maximum absolute atomic E-state index is 10.9. The topological polar surface area (TPSA) is 57.5 Å². The van der Waals surface area contributed by atoms with Crippen LogP contribution < -0.4 is 0 Å². The summed E-state index contributed by atoms with van der Waals surface area (Å²) in [6.45, 7) is 1.50. The molecule has 2 aromatic carbocycles. The SMILES string of the molecule is CS(=O)(=O)OCCOCCn1c2ccccc2c2ccccc21. The lowest BCUT2D eigenvalue weighted by Gasteiger charge is -2.08. The van der Waals surface area contributed by atoms with E-state index in [-0.39, 0.29) is 13.2 Å². The molecule has 0 bridgehead atoms. The fraction of sp³-hybridized carbons (Fsp3) is 0.294. The zero-order valence-corrected chi connectivity index (χ0v) is 13.8. The zero-order valence-electron chi connectivity index (χ0n) is 12.9. The molecule has 6 heteroatoms. The van der Waals surface area contributed by atoms with E-state index in [1.54, 1.807) is 0 Å². The third-order valence-electron chi connectivity index (χ3n) is 3.66. The number of rotatable bonds is 7. The van der Waals surface area contributed by atoms with Crippen molar-refractivity contribution in [2.24, 2.45) is 0 Å². The molecular weight excluding hydrogens is 314 g/mol. The summed E-state index contributed by atoms with van der Waals surface area (Å²) in [7, 11) is -3.40. The molecule has 0 saturated heterocycles. The van der Waals surface area contributed by atoms with E-state index in [0.717, 1.165) is 6.26 Å². The minimum atomic E-state index is -3.40. The first-order valence-electron chi connectivity index (χ1n) is 7.44. The van der Waals surface area contributed by atoms with Gasteiger partial charge in [-0.3, -0.25) is 4.18 Å². The predicted molar refractivity (Wildman–Crippen MR) is 91.1 cm³/mol. The summed E-state index contributed by atoms with van der Waals surface area (Å²) in [5.74, 6) is 0. The van der Waals surface area contributed by atoms with Crippen LogP contribution >= 0.6 is 0 Å². The summed E-state index contributed by atoms with van der Waals surface area (Å²) < 4.78 is 34.1. The van der Waals surface area contributed by atoms with E-state index in [4.69, 9.17) is 4.74 Å². The third kappa shape index (κ3) is 3.72. The molecule has 0 fully saturated rings. The molecule has 0 radical (unpaired) electrons. The van der Waals surface area contributed by atoms with Crippen LogP contribution in [0.4, 0.5) is 0 Å². The van der Waals surface area contributed by atoms with Crippen LogP contribution in [0.25, 0.3) is 21.8 Å². The normalized spacial score (nSPS) is 12.2. The van der Waals surface area contributed by atoms with E-state index in [1.807, 2.05) is 24.3 Å². The summed E-state index contributed by atoms with van der Waals surface area (Å²) in [5, 5.41) is 2.45. The van der Waals surface area contributed by atoms with Gasteiger partial charge in [0.1, 0.15) is 0 Å². The molecule has 0 aliphatic heterocycles. The monoisotopic (exact) mass is 333 g/mol. The van der Waals surface area contributed by atoms with Gasteiger partial charge in [-0.05, 0) is 12.1 Å². The van der Waals surface area contributed by atoms with Crippen molar-refractivity contribution in [3.05, 3.63) is 48.5 Å². The van der Waals surface area contributed by atoms with Crippen LogP contribution in [-0.4, -0.2) is 39.1 Å². The van der Waals surface area contributed by atoms with E-state index < -0.39 is 10.1 Å². The molecule has 3 rings (SSSR count). The standard InChI is InChI=1S/C17H19NO4S/c1-23(19,20)22-13-12-21-11-10-18-16-8-4-2-6-14(16)15-7-3-5-9-17(15)18/h2-9H,10-13H2,1H3. The second kappa shape index (κ2) is 6.70. The van der Waals surface area contributed by atoms with Crippen LogP contribution in [0.5, 0.6) is 0 Å². The summed E-state index contributed by atoms with van der Waals surface area (Å²) in [4.78, 5) is 0. The highest BCUT2D eigenvalue weighted by molar-refractivity contribution is 7.85. The Morgan fingerprint density at radius 2 is 1.43 bits per heavy atom. The number of ether oxygens (including phenoxy) is 1. The fourth-order valence-electron chi connectivity index (χ4n) is 2.75. The number of para-hydroxylation sites is 2.